The van der Waals surface area contributed by atoms with E-state index in [9.17, 15) is 13.6 Å². The van der Waals surface area contributed by atoms with Crippen molar-refractivity contribution >= 4 is 23.4 Å². The molecule has 1 heterocycles. The van der Waals surface area contributed by atoms with E-state index in [-0.39, 0.29) is 17.7 Å². The molecule has 0 unspecified atom stereocenters. The first-order valence-electron chi connectivity index (χ1n) is 7.71. The van der Waals surface area contributed by atoms with E-state index in [2.05, 4.69) is 4.98 Å². The molecule has 132 valence electrons. The van der Waals surface area contributed by atoms with Crippen LogP contribution in [0.3, 0.4) is 0 Å². The lowest BCUT2D eigenvalue weighted by molar-refractivity contribution is 0.0589. The third kappa shape index (κ3) is 3.18. The third-order valence-electron chi connectivity index (χ3n) is 3.88. The Hall–Kier alpha value is -2.21. The van der Waals surface area contributed by atoms with Gasteiger partial charge in [0.1, 0.15) is 5.60 Å². The van der Waals surface area contributed by atoms with Crippen LogP contribution in [0.5, 0.6) is 0 Å². The van der Waals surface area contributed by atoms with E-state index in [1.807, 2.05) is 0 Å². The van der Waals surface area contributed by atoms with Gasteiger partial charge in [0.15, 0.2) is 11.6 Å². The second-order valence-corrected chi connectivity index (χ2v) is 7.35. The average molecular weight is 367 g/mol. The van der Waals surface area contributed by atoms with E-state index in [1.54, 1.807) is 26.8 Å². The van der Waals surface area contributed by atoms with Gasteiger partial charge in [0, 0.05) is 36.9 Å². The number of carbonyl (C=O) groups excluding carboxylic acids is 1. The van der Waals surface area contributed by atoms with Crippen molar-refractivity contribution in [1.82, 2.24) is 4.98 Å². The second-order valence-electron chi connectivity index (χ2n) is 6.91. The molecule has 0 radical (unpaired) electrons. The zero-order valence-corrected chi connectivity index (χ0v) is 15.0. The van der Waals surface area contributed by atoms with Crippen LogP contribution in [0.25, 0.3) is 11.1 Å². The summed E-state index contributed by atoms with van der Waals surface area (Å²) in [6.45, 7) is 5.20. The van der Waals surface area contributed by atoms with E-state index in [4.69, 9.17) is 16.3 Å². The number of nitrogens with zero attached hydrogens (tertiary/aromatic N) is 2. The zero-order valence-electron chi connectivity index (χ0n) is 14.3. The van der Waals surface area contributed by atoms with Crippen molar-refractivity contribution in [1.29, 1.82) is 0 Å². The van der Waals surface area contributed by atoms with Crippen molar-refractivity contribution in [2.24, 2.45) is 0 Å². The first-order chi connectivity index (χ1) is 11.6. The quantitative estimate of drug-likeness (QED) is 0.611. The summed E-state index contributed by atoms with van der Waals surface area (Å²) >= 11 is 5.94. The number of carbonyl (C=O) groups is 1. The number of rotatable bonds is 1. The lowest BCUT2D eigenvalue weighted by Crippen LogP contribution is -2.34. The predicted octanol–water partition coefficient (Wildman–Crippen LogP) is 4.96. The number of amides is 1. The van der Waals surface area contributed by atoms with Crippen molar-refractivity contribution in [3.63, 3.8) is 0 Å². The molecule has 1 aromatic carbocycles. The molecule has 4 nitrogen and oxygen atoms in total. The van der Waals surface area contributed by atoms with Crippen LogP contribution in [-0.4, -0.2) is 23.7 Å². The van der Waals surface area contributed by atoms with Gasteiger partial charge in [0.25, 0.3) is 0 Å². The minimum absolute atomic E-state index is 0.0930. The van der Waals surface area contributed by atoms with Gasteiger partial charge in [0.05, 0.1) is 16.4 Å². The molecular formula is C18H17ClF2N2O2. The summed E-state index contributed by atoms with van der Waals surface area (Å²) in [6, 6.07) is 2.56. The summed E-state index contributed by atoms with van der Waals surface area (Å²) in [5.41, 5.74) is 1.15. The van der Waals surface area contributed by atoms with Gasteiger partial charge in [-0.25, -0.2) is 13.6 Å². The fraction of sp³-hybridized carbons (Fsp3) is 0.333. The molecule has 7 heteroatoms. The molecule has 0 saturated heterocycles. The average Bonchev–Trinajstić information content (AvgIpc) is 2.87. The molecule has 0 aliphatic heterocycles. The molecule has 1 aliphatic rings. The van der Waals surface area contributed by atoms with Crippen LogP contribution in [0, 0.1) is 11.6 Å². The van der Waals surface area contributed by atoms with Crippen LogP contribution in [0.15, 0.2) is 18.3 Å². The van der Waals surface area contributed by atoms with Crippen molar-refractivity contribution in [2.45, 2.75) is 32.8 Å². The summed E-state index contributed by atoms with van der Waals surface area (Å²) in [6.07, 6.45) is 1.09. The lowest BCUT2D eigenvalue weighted by atomic mass is 10.0. The summed E-state index contributed by atoms with van der Waals surface area (Å²) in [7, 11) is 1.46. The Morgan fingerprint density at radius 2 is 2.00 bits per heavy atom. The Morgan fingerprint density at radius 3 is 2.64 bits per heavy atom. The maximum Gasteiger partial charge on any atom is 0.414 e. The van der Waals surface area contributed by atoms with Crippen molar-refractivity contribution in [3.8, 4) is 11.1 Å². The third-order valence-corrected chi connectivity index (χ3v) is 4.09. The fourth-order valence-electron chi connectivity index (χ4n) is 2.83. The molecule has 2 aromatic rings. The van der Waals surface area contributed by atoms with Crippen LogP contribution < -0.4 is 4.90 Å². The minimum Gasteiger partial charge on any atom is -0.443 e. The topological polar surface area (TPSA) is 42.4 Å². The highest BCUT2D eigenvalue weighted by atomic mass is 35.5. The van der Waals surface area contributed by atoms with E-state index in [0.29, 0.717) is 21.8 Å². The maximum absolute atomic E-state index is 14.4. The molecule has 1 aromatic heterocycles. The van der Waals surface area contributed by atoms with Gasteiger partial charge in [-0.2, -0.15) is 0 Å². The Morgan fingerprint density at radius 1 is 1.32 bits per heavy atom. The van der Waals surface area contributed by atoms with Crippen LogP contribution in [0.1, 0.15) is 32.0 Å². The predicted molar refractivity (Wildman–Crippen MR) is 92.0 cm³/mol. The van der Waals surface area contributed by atoms with Gasteiger partial charge in [-0.05, 0) is 32.4 Å². The number of benzene rings is 1. The summed E-state index contributed by atoms with van der Waals surface area (Å²) in [5, 5.41) is 0.331. The van der Waals surface area contributed by atoms with Gasteiger partial charge in [-0.1, -0.05) is 11.6 Å². The normalized spacial score (nSPS) is 12.6. The monoisotopic (exact) mass is 366 g/mol. The highest BCUT2D eigenvalue weighted by Gasteiger charge is 2.32. The summed E-state index contributed by atoms with van der Waals surface area (Å²) in [5.74, 6) is -2.02. The van der Waals surface area contributed by atoms with Crippen LogP contribution in [0.4, 0.5) is 19.3 Å². The van der Waals surface area contributed by atoms with E-state index in [0.717, 1.165) is 6.07 Å². The number of hydrogen-bond acceptors (Lipinski definition) is 3. The van der Waals surface area contributed by atoms with Gasteiger partial charge < -0.3 is 4.74 Å². The van der Waals surface area contributed by atoms with Gasteiger partial charge in [0.2, 0.25) is 0 Å². The number of anilines is 1. The number of fused-ring (bicyclic) bond motifs is 3. The summed E-state index contributed by atoms with van der Waals surface area (Å²) in [4.78, 5) is 17.7. The van der Waals surface area contributed by atoms with E-state index >= 15 is 0 Å². The molecule has 0 saturated carbocycles. The van der Waals surface area contributed by atoms with Crippen molar-refractivity contribution in [2.75, 3.05) is 11.9 Å². The molecule has 0 N–H and O–H groups in total. The number of ether oxygens (including phenoxy) is 1. The molecule has 0 fully saturated rings. The van der Waals surface area contributed by atoms with Crippen LogP contribution in [-0.2, 0) is 11.2 Å². The number of pyridine rings is 1. The van der Waals surface area contributed by atoms with Gasteiger partial charge in [-0.3, -0.25) is 9.88 Å². The highest BCUT2D eigenvalue weighted by molar-refractivity contribution is 6.30. The maximum atomic E-state index is 14.4. The second kappa shape index (κ2) is 5.95. The molecule has 3 rings (SSSR count). The molecule has 0 spiro atoms. The standard InChI is InChI=1S/C18H17ClF2N2O2/c1-18(2,3)25-17(24)23(4)14-7-12(20)16(21)15-10-5-9(19)8-22-13(10)6-11(14)15/h5,7-8H,6H2,1-4H3. The number of halogens is 3. The van der Waals surface area contributed by atoms with Crippen molar-refractivity contribution < 1.29 is 18.3 Å². The minimum atomic E-state index is -1.04. The van der Waals surface area contributed by atoms with Crippen LogP contribution in [0.2, 0.25) is 5.02 Å². The van der Waals surface area contributed by atoms with Crippen molar-refractivity contribution in [3.05, 3.63) is 46.2 Å². The Kier molecular flexibility index (Phi) is 4.19. The van der Waals surface area contributed by atoms with E-state index in [1.165, 1.54) is 18.1 Å². The van der Waals surface area contributed by atoms with Gasteiger partial charge in [-0.15, -0.1) is 0 Å². The highest BCUT2D eigenvalue weighted by Crippen LogP contribution is 2.44. The molecule has 1 aliphatic carbocycles. The SMILES string of the molecule is CN(C(=O)OC(C)(C)C)c1cc(F)c(F)c2c1Cc1ncc(Cl)cc1-2. The van der Waals surface area contributed by atoms with Crippen LogP contribution >= 0.6 is 11.6 Å². The molecule has 1 amide bonds. The Bertz CT molecular complexity index is 878. The number of hydrogen-bond donors (Lipinski definition) is 0. The first-order valence-corrected chi connectivity index (χ1v) is 8.08. The lowest BCUT2D eigenvalue weighted by Gasteiger charge is -2.26. The largest absolute Gasteiger partial charge is 0.443 e. The Balaban J connectivity index is 2.11. The van der Waals surface area contributed by atoms with Gasteiger partial charge >= 0.3 is 6.09 Å². The Labute approximate surface area is 149 Å². The van der Waals surface area contributed by atoms with E-state index < -0.39 is 23.3 Å². The number of aromatic nitrogens is 1. The fourth-order valence-corrected chi connectivity index (χ4v) is 2.99. The molecule has 0 atom stereocenters. The summed E-state index contributed by atoms with van der Waals surface area (Å²) < 4.78 is 33.9. The smallest absolute Gasteiger partial charge is 0.414 e. The molecule has 25 heavy (non-hydrogen) atoms. The molecular weight excluding hydrogens is 350 g/mol. The zero-order chi connectivity index (χ0) is 18.5. The molecule has 0 bridgehead atoms. The first kappa shape index (κ1) is 17.6.